The molecule has 0 radical (unpaired) electrons. The van der Waals surface area contributed by atoms with Crippen molar-refractivity contribution in [3.63, 3.8) is 0 Å². The van der Waals surface area contributed by atoms with E-state index in [1.54, 1.807) is 0 Å². The second-order valence-corrected chi connectivity index (χ2v) is 3.34. The van der Waals surface area contributed by atoms with Crippen molar-refractivity contribution in [3.05, 3.63) is 29.1 Å². The van der Waals surface area contributed by atoms with Gasteiger partial charge in [-0.05, 0) is 24.6 Å². The number of carboxylic acid groups (broad SMARTS) is 1. The van der Waals surface area contributed by atoms with Crippen LogP contribution in [0.25, 0.3) is 0 Å². The summed E-state index contributed by atoms with van der Waals surface area (Å²) >= 11 is 0. The van der Waals surface area contributed by atoms with E-state index in [-0.39, 0.29) is 23.5 Å². The first-order valence-electron chi connectivity index (χ1n) is 4.55. The SMILES string of the molecule is COc1c(F)cc(CC(C)=O)cc1C(=O)O. The summed E-state index contributed by atoms with van der Waals surface area (Å²) in [7, 11) is 1.19. The molecule has 0 saturated heterocycles. The highest BCUT2D eigenvalue weighted by molar-refractivity contribution is 5.91. The highest BCUT2D eigenvalue weighted by Crippen LogP contribution is 2.24. The standard InChI is InChI=1S/C11H11FO4/c1-6(13)3-7-4-8(11(14)15)10(16-2)9(12)5-7/h4-5H,3H2,1-2H3,(H,14,15). The zero-order valence-electron chi connectivity index (χ0n) is 8.91. The van der Waals surface area contributed by atoms with Crippen LogP contribution in [0.3, 0.4) is 0 Å². The molecule has 16 heavy (non-hydrogen) atoms. The Labute approximate surface area is 91.7 Å². The van der Waals surface area contributed by atoms with Crippen molar-refractivity contribution in [1.82, 2.24) is 0 Å². The van der Waals surface area contributed by atoms with Crippen LogP contribution in [-0.2, 0) is 11.2 Å². The fourth-order valence-corrected chi connectivity index (χ4v) is 1.41. The van der Waals surface area contributed by atoms with E-state index >= 15 is 0 Å². The quantitative estimate of drug-likeness (QED) is 0.848. The van der Waals surface area contributed by atoms with Crippen molar-refractivity contribution in [2.75, 3.05) is 7.11 Å². The summed E-state index contributed by atoms with van der Waals surface area (Å²) in [5.41, 5.74) is 0.0435. The lowest BCUT2D eigenvalue weighted by Crippen LogP contribution is -2.06. The Hall–Kier alpha value is -1.91. The lowest BCUT2D eigenvalue weighted by Gasteiger charge is -2.08. The molecule has 0 bridgehead atoms. The summed E-state index contributed by atoms with van der Waals surface area (Å²) in [4.78, 5) is 21.7. The molecule has 5 heteroatoms. The number of carbonyl (C=O) groups excluding carboxylic acids is 1. The number of rotatable bonds is 4. The van der Waals surface area contributed by atoms with Gasteiger partial charge in [0.25, 0.3) is 0 Å². The maximum Gasteiger partial charge on any atom is 0.339 e. The van der Waals surface area contributed by atoms with Gasteiger partial charge in [0.15, 0.2) is 11.6 Å². The number of hydrogen-bond donors (Lipinski definition) is 1. The minimum Gasteiger partial charge on any atom is -0.493 e. The van der Waals surface area contributed by atoms with Crippen molar-refractivity contribution in [1.29, 1.82) is 0 Å². The van der Waals surface area contributed by atoms with Crippen LogP contribution in [0.15, 0.2) is 12.1 Å². The Kier molecular flexibility index (Phi) is 3.60. The van der Waals surface area contributed by atoms with Crippen molar-refractivity contribution in [3.8, 4) is 5.75 Å². The molecule has 0 fully saturated rings. The number of aromatic carboxylic acids is 1. The predicted molar refractivity (Wildman–Crippen MR) is 54.3 cm³/mol. The summed E-state index contributed by atoms with van der Waals surface area (Å²) in [5.74, 6) is -2.56. The molecule has 4 nitrogen and oxygen atoms in total. The van der Waals surface area contributed by atoms with Crippen LogP contribution in [-0.4, -0.2) is 24.0 Å². The zero-order chi connectivity index (χ0) is 12.3. The Morgan fingerprint density at radius 2 is 2.06 bits per heavy atom. The molecule has 0 spiro atoms. The van der Waals surface area contributed by atoms with Crippen LogP contribution in [0.4, 0.5) is 4.39 Å². The normalized spacial score (nSPS) is 9.94. The van der Waals surface area contributed by atoms with Crippen LogP contribution in [0, 0.1) is 5.82 Å². The molecule has 0 saturated carbocycles. The number of carboxylic acids is 1. The van der Waals surface area contributed by atoms with Gasteiger partial charge in [0.2, 0.25) is 0 Å². The van der Waals surface area contributed by atoms with Crippen molar-refractivity contribution < 1.29 is 23.8 Å². The molecular formula is C11H11FO4. The molecule has 0 atom stereocenters. The van der Waals surface area contributed by atoms with E-state index in [0.29, 0.717) is 5.56 Å². The number of benzene rings is 1. The van der Waals surface area contributed by atoms with Gasteiger partial charge in [-0.15, -0.1) is 0 Å². The molecule has 86 valence electrons. The monoisotopic (exact) mass is 226 g/mol. The Morgan fingerprint density at radius 3 is 2.50 bits per heavy atom. The highest BCUT2D eigenvalue weighted by Gasteiger charge is 2.17. The lowest BCUT2D eigenvalue weighted by molar-refractivity contribution is -0.116. The zero-order valence-corrected chi connectivity index (χ0v) is 8.91. The minimum atomic E-state index is -1.29. The fourth-order valence-electron chi connectivity index (χ4n) is 1.41. The number of carbonyl (C=O) groups is 2. The molecule has 1 rings (SSSR count). The second kappa shape index (κ2) is 4.74. The van der Waals surface area contributed by atoms with Crippen molar-refractivity contribution in [2.45, 2.75) is 13.3 Å². The lowest BCUT2D eigenvalue weighted by atomic mass is 10.0. The minimum absolute atomic E-state index is 0.00118. The number of hydrogen-bond acceptors (Lipinski definition) is 3. The van der Waals surface area contributed by atoms with Gasteiger partial charge in [0.05, 0.1) is 7.11 Å². The number of halogens is 1. The first-order valence-corrected chi connectivity index (χ1v) is 4.55. The van der Waals surface area contributed by atoms with Crippen molar-refractivity contribution >= 4 is 11.8 Å². The van der Waals surface area contributed by atoms with Crippen LogP contribution in [0.5, 0.6) is 5.75 Å². The summed E-state index contributed by atoms with van der Waals surface area (Å²) in [6, 6.07) is 2.35. The van der Waals surface area contributed by atoms with Gasteiger partial charge in [-0.25, -0.2) is 9.18 Å². The average Bonchev–Trinajstić information content (AvgIpc) is 2.15. The van der Waals surface area contributed by atoms with E-state index in [0.717, 1.165) is 6.07 Å². The molecule has 0 aliphatic carbocycles. The van der Waals surface area contributed by atoms with Gasteiger partial charge in [-0.2, -0.15) is 0 Å². The maximum absolute atomic E-state index is 13.4. The predicted octanol–water partition coefficient (Wildman–Crippen LogP) is 1.66. The van der Waals surface area contributed by atoms with Crippen LogP contribution in [0.2, 0.25) is 0 Å². The molecule has 1 aromatic carbocycles. The third-order valence-corrected chi connectivity index (χ3v) is 1.99. The Bertz CT molecular complexity index is 440. The molecule has 0 aliphatic rings. The van der Waals surface area contributed by atoms with Gasteiger partial charge in [-0.3, -0.25) is 4.79 Å². The second-order valence-electron chi connectivity index (χ2n) is 3.34. The van der Waals surface area contributed by atoms with Gasteiger partial charge < -0.3 is 9.84 Å². The van der Waals surface area contributed by atoms with Crippen LogP contribution < -0.4 is 4.74 Å². The molecule has 1 N–H and O–H groups in total. The van der Waals surface area contributed by atoms with E-state index in [9.17, 15) is 14.0 Å². The van der Waals surface area contributed by atoms with Gasteiger partial charge in [0.1, 0.15) is 11.3 Å². The fraction of sp³-hybridized carbons (Fsp3) is 0.273. The van der Waals surface area contributed by atoms with Crippen LogP contribution in [0.1, 0.15) is 22.8 Å². The Morgan fingerprint density at radius 1 is 1.44 bits per heavy atom. The highest BCUT2D eigenvalue weighted by atomic mass is 19.1. The van der Waals surface area contributed by atoms with Crippen LogP contribution >= 0.6 is 0 Å². The molecular weight excluding hydrogens is 215 g/mol. The van der Waals surface area contributed by atoms with Crippen molar-refractivity contribution in [2.24, 2.45) is 0 Å². The van der Waals surface area contributed by atoms with E-state index in [2.05, 4.69) is 4.74 Å². The number of ketones is 1. The number of ether oxygens (including phenoxy) is 1. The third-order valence-electron chi connectivity index (χ3n) is 1.99. The summed E-state index contributed by atoms with van der Waals surface area (Å²) in [6.07, 6.45) is 0.00118. The molecule has 0 amide bonds. The van der Waals surface area contributed by atoms with Gasteiger partial charge in [0, 0.05) is 6.42 Å². The third kappa shape index (κ3) is 2.56. The largest absolute Gasteiger partial charge is 0.493 e. The molecule has 0 unspecified atom stereocenters. The van der Waals surface area contributed by atoms with E-state index in [4.69, 9.17) is 5.11 Å². The van der Waals surface area contributed by atoms with E-state index in [1.807, 2.05) is 0 Å². The van der Waals surface area contributed by atoms with Gasteiger partial charge >= 0.3 is 5.97 Å². The first kappa shape index (κ1) is 12.2. The maximum atomic E-state index is 13.4. The summed E-state index contributed by atoms with van der Waals surface area (Å²) in [6.45, 7) is 1.35. The molecule has 0 aromatic heterocycles. The smallest absolute Gasteiger partial charge is 0.339 e. The molecule has 1 aromatic rings. The number of methoxy groups -OCH3 is 1. The average molecular weight is 226 g/mol. The topological polar surface area (TPSA) is 63.6 Å². The van der Waals surface area contributed by atoms with E-state index in [1.165, 1.54) is 20.1 Å². The summed E-state index contributed by atoms with van der Waals surface area (Å²) in [5, 5.41) is 8.85. The summed E-state index contributed by atoms with van der Waals surface area (Å²) < 4.78 is 18.1. The first-order chi connectivity index (χ1) is 7.45. The Balaban J connectivity index is 3.28. The molecule has 0 aliphatic heterocycles. The van der Waals surface area contributed by atoms with Gasteiger partial charge in [-0.1, -0.05) is 0 Å². The van der Waals surface area contributed by atoms with E-state index < -0.39 is 11.8 Å². The molecule has 0 heterocycles. The number of Topliss-reactive ketones (excluding diaryl/α,β-unsaturated/α-hetero) is 1.